The van der Waals surface area contributed by atoms with Crippen LogP contribution in [-0.4, -0.2) is 47.1 Å². The fourth-order valence-electron chi connectivity index (χ4n) is 2.80. The average molecular weight is 338 g/mol. The number of amides is 1. The summed E-state index contributed by atoms with van der Waals surface area (Å²) in [6, 6.07) is 3.76. The minimum Gasteiger partial charge on any atom is -0.382 e. The summed E-state index contributed by atoms with van der Waals surface area (Å²) in [5, 5.41) is 15.3. The summed E-state index contributed by atoms with van der Waals surface area (Å²) in [5.74, 6) is 0.751. The zero-order valence-electron chi connectivity index (χ0n) is 13.0. The van der Waals surface area contributed by atoms with Crippen molar-refractivity contribution in [1.29, 1.82) is 0 Å². The van der Waals surface area contributed by atoms with Crippen molar-refractivity contribution in [3.05, 3.63) is 17.3 Å². The topological polar surface area (TPSA) is 79.7 Å². The van der Waals surface area contributed by atoms with Crippen molar-refractivity contribution in [1.82, 2.24) is 15.5 Å². The van der Waals surface area contributed by atoms with Gasteiger partial charge in [-0.2, -0.15) is 0 Å². The summed E-state index contributed by atoms with van der Waals surface area (Å²) in [4.78, 5) is 19.5. The molecule has 2 aliphatic heterocycles. The predicted octanol–water partition coefficient (Wildman–Crippen LogP) is 1.77. The van der Waals surface area contributed by atoms with Gasteiger partial charge in [-0.15, -0.1) is 10.2 Å². The third kappa shape index (κ3) is 3.90. The van der Waals surface area contributed by atoms with E-state index >= 15 is 0 Å². The van der Waals surface area contributed by atoms with E-state index in [9.17, 15) is 4.79 Å². The number of anilines is 1. The van der Waals surface area contributed by atoms with E-state index in [1.54, 1.807) is 6.07 Å². The molecule has 0 spiro atoms. The van der Waals surface area contributed by atoms with E-state index in [2.05, 4.69) is 25.6 Å². The van der Waals surface area contributed by atoms with Crippen LogP contribution >= 0.6 is 11.6 Å². The van der Waals surface area contributed by atoms with Gasteiger partial charge >= 0.3 is 0 Å². The number of aromatic nitrogens is 2. The van der Waals surface area contributed by atoms with Gasteiger partial charge in [0.25, 0.3) is 5.91 Å². The fourth-order valence-corrected chi connectivity index (χ4v) is 2.90. The molecule has 0 radical (unpaired) electrons. The third-order valence-corrected chi connectivity index (χ3v) is 4.42. The number of nitrogens with zero attached hydrogens (tertiary/aromatic N) is 4. The number of hydrogen-bond acceptors (Lipinski definition) is 6. The standard InChI is InChI=1S/C15H20ClN5O2/c1-2-10-9-12(23-20-10)15(22)17-11-5-7-21(8-6-11)14-4-3-13(16)18-19-14/h3-4,11-12H,2,5-9H2,1H3,(H,17,22)/t12-/m0/s1. The van der Waals surface area contributed by atoms with E-state index in [1.165, 1.54) is 0 Å². The molecule has 0 bridgehead atoms. The summed E-state index contributed by atoms with van der Waals surface area (Å²) < 4.78 is 0. The Morgan fingerprint density at radius 2 is 2.17 bits per heavy atom. The van der Waals surface area contributed by atoms with Crippen molar-refractivity contribution in [2.45, 2.75) is 44.8 Å². The minimum absolute atomic E-state index is 0.0677. The number of oxime groups is 1. The van der Waals surface area contributed by atoms with E-state index in [1.807, 2.05) is 13.0 Å². The SMILES string of the molecule is CCC1=NO[C@H](C(=O)NC2CCN(c3ccc(Cl)nn3)CC2)C1. The molecule has 0 unspecified atom stereocenters. The van der Waals surface area contributed by atoms with Crippen molar-refractivity contribution in [2.75, 3.05) is 18.0 Å². The Morgan fingerprint density at radius 1 is 1.39 bits per heavy atom. The maximum absolute atomic E-state index is 12.2. The Balaban J connectivity index is 1.46. The second-order valence-corrected chi connectivity index (χ2v) is 6.18. The summed E-state index contributed by atoms with van der Waals surface area (Å²) in [7, 11) is 0. The molecule has 0 aromatic carbocycles. The highest BCUT2D eigenvalue weighted by Crippen LogP contribution is 2.19. The first-order valence-electron chi connectivity index (χ1n) is 7.92. The molecule has 0 aliphatic carbocycles. The molecule has 2 aliphatic rings. The second kappa shape index (κ2) is 7.12. The average Bonchev–Trinajstić information content (AvgIpc) is 3.06. The summed E-state index contributed by atoms with van der Waals surface area (Å²) in [6.45, 7) is 3.66. The lowest BCUT2D eigenvalue weighted by Crippen LogP contribution is -2.47. The van der Waals surface area contributed by atoms with Crippen LogP contribution in [0.25, 0.3) is 0 Å². The van der Waals surface area contributed by atoms with Crippen LogP contribution < -0.4 is 10.2 Å². The highest BCUT2D eigenvalue weighted by Gasteiger charge is 2.30. The second-order valence-electron chi connectivity index (χ2n) is 5.79. The first-order valence-corrected chi connectivity index (χ1v) is 8.29. The number of carbonyl (C=O) groups is 1. The molecule has 124 valence electrons. The predicted molar refractivity (Wildman–Crippen MR) is 87.6 cm³/mol. The Labute approximate surface area is 140 Å². The van der Waals surface area contributed by atoms with Crippen molar-refractivity contribution in [3.63, 3.8) is 0 Å². The normalized spacial score (nSPS) is 21.7. The first kappa shape index (κ1) is 16.0. The van der Waals surface area contributed by atoms with Gasteiger partial charge in [-0.05, 0) is 31.4 Å². The first-order chi connectivity index (χ1) is 11.2. The van der Waals surface area contributed by atoms with E-state index in [-0.39, 0.29) is 11.9 Å². The number of piperidine rings is 1. The number of halogens is 1. The molecule has 8 heteroatoms. The maximum Gasteiger partial charge on any atom is 0.264 e. The molecule has 1 saturated heterocycles. The summed E-state index contributed by atoms with van der Waals surface area (Å²) in [5.41, 5.74) is 0.946. The van der Waals surface area contributed by atoms with E-state index < -0.39 is 6.10 Å². The zero-order chi connectivity index (χ0) is 16.2. The molecule has 7 nitrogen and oxygen atoms in total. The van der Waals surface area contributed by atoms with Crippen LogP contribution in [0.4, 0.5) is 5.82 Å². The lowest BCUT2D eigenvalue weighted by Gasteiger charge is -2.33. The maximum atomic E-state index is 12.2. The molecule has 1 atom stereocenters. The Morgan fingerprint density at radius 3 is 2.78 bits per heavy atom. The van der Waals surface area contributed by atoms with Gasteiger partial charge in [0.2, 0.25) is 6.10 Å². The van der Waals surface area contributed by atoms with Crippen molar-refractivity contribution >= 4 is 29.0 Å². The van der Waals surface area contributed by atoms with Crippen LogP contribution in [0.15, 0.2) is 17.3 Å². The Bertz CT molecular complexity index is 584. The van der Waals surface area contributed by atoms with Crippen molar-refractivity contribution in [3.8, 4) is 0 Å². The van der Waals surface area contributed by atoms with E-state index in [0.717, 1.165) is 43.9 Å². The molecule has 1 fully saturated rings. The number of hydrogen-bond donors (Lipinski definition) is 1. The van der Waals surface area contributed by atoms with Gasteiger partial charge in [0.15, 0.2) is 11.0 Å². The van der Waals surface area contributed by atoms with Gasteiger partial charge in [0, 0.05) is 25.6 Å². The molecule has 3 rings (SSSR count). The molecule has 1 aromatic rings. The number of nitrogens with one attached hydrogen (secondary N) is 1. The van der Waals surface area contributed by atoms with Gasteiger partial charge in [0.05, 0.1) is 5.71 Å². The monoisotopic (exact) mass is 337 g/mol. The lowest BCUT2D eigenvalue weighted by molar-refractivity contribution is -0.132. The van der Waals surface area contributed by atoms with Crippen LogP contribution in [0.5, 0.6) is 0 Å². The molecular weight excluding hydrogens is 318 g/mol. The van der Waals surface area contributed by atoms with Crippen LogP contribution in [0, 0.1) is 0 Å². The summed E-state index contributed by atoms with van der Waals surface area (Å²) in [6.07, 6.45) is 2.69. The molecule has 1 aromatic heterocycles. The molecule has 23 heavy (non-hydrogen) atoms. The van der Waals surface area contributed by atoms with Gasteiger partial charge in [-0.3, -0.25) is 4.79 Å². The highest BCUT2D eigenvalue weighted by molar-refractivity contribution is 6.29. The largest absolute Gasteiger partial charge is 0.382 e. The van der Waals surface area contributed by atoms with Crippen molar-refractivity contribution in [2.24, 2.45) is 5.16 Å². The lowest BCUT2D eigenvalue weighted by atomic mass is 10.0. The minimum atomic E-state index is -0.467. The van der Waals surface area contributed by atoms with Crippen molar-refractivity contribution < 1.29 is 9.63 Å². The zero-order valence-corrected chi connectivity index (χ0v) is 13.8. The molecule has 1 amide bonds. The third-order valence-electron chi connectivity index (χ3n) is 4.21. The number of rotatable bonds is 4. The van der Waals surface area contributed by atoms with Crippen LogP contribution in [0.2, 0.25) is 5.15 Å². The van der Waals surface area contributed by atoms with Gasteiger partial charge in [0.1, 0.15) is 0 Å². The van der Waals surface area contributed by atoms with Gasteiger partial charge < -0.3 is 15.1 Å². The van der Waals surface area contributed by atoms with E-state index in [4.69, 9.17) is 16.4 Å². The quantitative estimate of drug-likeness (QED) is 0.905. The fraction of sp³-hybridized carbons (Fsp3) is 0.600. The Kier molecular flexibility index (Phi) is 4.95. The molecular formula is C15H20ClN5O2. The molecule has 3 heterocycles. The highest BCUT2D eigenvalue weighted by atomic mass is 35.5. The van der Waals surface area contributed by atoms with Crippen LogP contribution in [-0.2, 0) is 9.63 Å². The summed E-state index contributed by atoms with van der Waals surface area (Å²) >= 11 is 5.75. The van der Waals surface area contributed by atoms with Crippen LogP contribution in [0.1, 0.15) is 32.6 Å². The Hall–Kier alpha value is -1.89. The number of carbonyl (C=O) groups excluding carboxylic acids is 1. The van der Waals surface area contributed by atoms with Crippen LogP contribution in [0.3, 0.4) is 0 Å². The molecule has 0 saturated carbocycles. The smallest absolute Gasteiger partial charge is 0.264 e. The van der Waals surface area contributed by atoms with Gasteiger partial charge in [-0.25, -0.2) is 0 Å². The molecule has 1 N–H and O–H groups in total. The van der Waals surface area contributed by atoms with E-state index in [0.29, 0.717) is 11.6 Å². The van der Waals surface area contributed by atoms with Gasteiger partial charge in [-0.1, -0.05) is 23.7 Å².